The normalized spacial score (nSPS) is 15.4. The van der Waals surface area contributed by atoms with Gasteiger partial charge in [0, 0.05) is 17.1 Å². The highest BCUT2D eigenvalue weighted by molar-refractivity contribution is 6.02. The Kier molecular flexibility index (Phi) is 15.3. The van der Waals surface area contributed by atoms with Gasteiger partial charge in [0.25, 0.3) is 0 Å². The van der Waals surface area contributed by atoms with Crippen molar-refractivity contribution in [2.75, 3.05) is 19.6 Å². The Morgan fingerprint density at radius 3 is 0.791 bits per heavy atom. The van der Waals surface area contributed by atoms with Gasteiger partial charge in [-0.05, 0) is 177 Å². The van der Waals surface area contributed by atoms with E-state index in [1.54, 1.807) is 0 Å². The van der Waals surface area contributed by atoms with Crippen LogP contribution in [-0.4, -0.2) is 0 Å². The van der Waals surface area contributed by atoms with E-state index < -0.39 is 0 Å². The predicted molar refractivity (Wildman–Crippen MR) is 375 cm³/mol. The first-order valence-electron chi connectivity index (χ1n) is 31.7. The maximum absolute atomic E-state index is 2.69. The van der Waals surface area contributed by atoms with Crippen LogP contribution in [0.1, 0.15) is 211 Å². The number of benzene rings is 8. The average molecular weight is 1140 g/mol. The SMILES string of the molecule is CC(C)(C)c1cc(N2/C(=C3\N(c4cc(C(C)(C)C)cc(C(C)(C)C)c4)c4cc(-c5ccccc5)ccc4N3c3cc(C(C)(C)C)ccc3C(C)(C)C)N(c3cc(C(C)(C)C)cc(C(C)(C)C)c3)c3cc(-c4ccccc4)ccc32)cc(C(C)(C)C)c1. The average Bonchev–Trinajstić information content (AvgIpc) is 1.55. The summed E-state index contributed by atoms with van der Waals surface area (Å²) in [7, 11) is 0. The van der Waals surface area contributed by atoms with Crippen LogP contribution in [0.3, 0.4) is 0 Å². The maximum atomic E-state index is 2.69. The molecule has 0 spiro atoms. The van der Waals surface area contributed by atoms with E-state index in [9.17, 15) is 0 Å². The summed E-state index contributed by atoms with van der Waals surface area (Å²) in [5, 5.41) is 0. The summed E-state index contributed by atoms with van der Waals surface area (Å²) in [4.78, 5) is 10.7. The van der Waals surface area contributed by atoms with Gasteiger partial charge in [-0.2, -0.15) is 0 Å². The maximum Gasteiger partial charge on any atom is 0.166 e. The van der Waals surface area contributed by atoms with Crippen molar-refractivity contribution in [1.82, 2.24) is 0 Å². The van der Waals surface area contributed by atoms with E-state index in [0.29, 0.717) is 0 Å². The first-order chi connectivity index (χ1) is 39.7. The van der Waals surface area contributed by atoms with Gasteiger partial charge in [0.05, 0.1) is 28.4 Å². The zero-order chi connectivity index (χ0) is 62.8. The Morgan fingerprint density at radius 1 is 0.198 bits per heavy atom. The smallest absolute Gasteiger partial charge is 0.166 e. The summed E-state index contributed by atoms with van der Waals surface area (Å²) < 4.78 is 0. The van der Waals surface area contributed by atoms with Gasteiger partial charge in [0.15, 0.2) is 11.6 Å². The lowest BCUT2D eigenvalue weighted by Crippen LogP contribution is -2.35. The van der Waals surface area contributed by atoms with Gasteiger partial charge >= 0.3 is 0 Å². The van der Waals surface area contributed by atoms with Crippen LogP contribution in [0.5, 0.6) is 0 Å². The molecular weight excluding hydrogens is 1040 g/mol. The van der Waals surface area contributed by atoms with Crippen molar-refractivity contribution in [3.63, 3.8) is 0 Å². The molecule has 0 saturated carbocycles. The molecule has 10 rings (SSSR count). The Hall–Kier alpha value is -7.30. The van der Waals surface area contributed by atoms with Crippen molar-refractivity contribution in [3.05, 3.63) is 226 Å². The van der Waals surface area contributed by atoms with Crippen molar-refractivity contribution in [2.24, 2.45) is 0 Å². The second kappa shape index (κ2) is 21.2. The summed E-state index contributed by atoms with van der Waals surface area (Å²) in [6, 6.07) is 66.3. The minimum Gasteiger partial charge on any atom is -0.291 e. The fourth-order valence-electron chi connectivity index (χ4n) is 12.1. The van der Waals surface area contributed by atoms with E-state index in [1.165, 1.54) is 72.4 Å². The van der Waals surface area contributed by atoms with Crippen LogP contribution in [0.4, 0.5) is 45.5 Å². The van der Waals surface area contributed by atoms with Crippen molar-refractivity contribution in [3.8, 4) is 22.3 Å². The molecule has 4 nitrogen and oxygen atoms in total. The summed E-state index contributed by atoms with van der Waals surface area (Å²) in [6.07, 6.45) is 0. The summed E-state index contributed by atoms with van der Waals surface area (Å²) >= 11 is 0. The first-order valence-corrected chi connectivity index (χ1v) is 31.7. The van der Waals surface area contributed by atoms with Gasteiger partial charge < -0.3 is 0 Å². The topological polar surface area (TPSA) is 13.0 Å². The molecule has 0 bridgehead atoms. The van der Waals surface area contributed by atoms with Crippen LogP contribution >= 0.6 is 0 Å². The van der Waals surface area contributed by atoms with Crippen LogP contribution in [0.15, 0.2) is 182 Å². The summed E-state index contributed by atoms with van der Waals surface area (Å²) in [6.45, 7) is 56.9. The second-order valence-electron chi connectivity index (χ2n) is 33.2. The number of fused-ring (bicyclic) bond motifs is 2. The molecule has 0 aliphatic carbocycles. The third-order valence-electron chi connectivity index (χ3n) is 17.8. The zero-order valence-corrected chi connectivity index (χ0v) is 57.0. The molecular formula is C82H100N4. The molecule has 8 aromatic carbocycles. The molecule has 448 valence electrons. The Balaban J connectivity index is 1.53. The third kappa shape index (κ3) is 12.0. The number of hydrogen-bond donors (Lipinski definition) is 0. The van der Waals surface area contributed by atoms with E-state index in [4.69, 9.17) is 0 Å². The monoisotopic (exact) mass is 1140 g/mol. The van der Waals surface area contributed by atoms with E-state index in [0.717, 1.165) is 51.5 Å². The number of nitrogens with zero attached hydrogens (tertiary/aromatic N) is 4. The molecule has 0 radical (unpaired) electrons. The number of anilines is 8. The fourth-order valence-corrected chi connectivity index (χ4v) is 12.1. The lowest BCUT2D eigenvalue weighted by atomic mass is 9.80. The van der Waals surface area contributed by atoms with Crippen molar-refractivity contribution < 1.29 is 0 Å². The van der Waals surface area contributed by atoms with Crippen molar-refractivity contribution in [1.29, 1.82) is 0 Å². The molecule has 0 saturated heterocycles. The summed E-state index contributed by atoms with van der Waals surface area (Å²) in [5.74, 6) is 2.11. The van der Waals surface area contributed by atoms with Gasteiger partial charge in [-0.3, -0.25) is 19.6 Å². The largest absolute Gasteiger partial charge is 0.291 e. The molecule has 4 heteroatoms. The van der Waals surface area contributed by atoms with Gasteiger partial charge in [0.2, 0.25) is 0 Å². The minimum atomic E-state index is -0.251. The van der Waals surface area contributed by atoms with Gasteiger partial charge in [-0.25, -0.2) is 0 Å². The zero-order valence-electron chi connectivity index (χ0n) is 57.0. The van der Waals surface area contributed by atoms with Crippen LogP contribution in [0.25, 0.3) is 22.3 Å². The van der Waals surface area contributed by atoms with Gasteiger partial charge in [-0.15, -0.1) is 0 Å². The van der Waals surface area contributed by atoms with E-state index in [-0.39, 0.29) is 43.3 Å². The highest BCUT2D eigenvalue weighted by Gasteiger charge is 2.47. The minimum absolute atomic E-state index is 0.149. The molecule has 0 fully saturated rings. The Bertz CT molecular complexity index is 3790. The highest BCUT2D eigenvalue weighted by atomic mass is 15.5. The summed E-state index contributed by atoms with van der Waals surface area (Å²) in [5.41, 5.74) is 22.7. The molecule has 0 unspecified atom stereocenters. The van der Waals surface area contributed by atoms with E-state index in [2.05, 4.69) is 356 Å². The van der Waals surface area contributed by atoms with E-state index >= 15 is 0 Å². The number of rotatable bonds is 6. The first kappa shape index (κ1) is 61.8. The van der Waals surface area contributed by atoms with Gasteiger partial charge in [0.1, 0.15) is 0 Å². The molecule has 0 aromatic heterocycles. The third-order valence-corrected chi connectivity index (χ3v) is 17.8. The Labute approximate surface area is 520 Å². The molecule has 0 N–H and O–H groups in total. The molecule has 0 atom stereocenters. The molecule has 2 aliphatic heterocycles. The van der Waals surface area contributed by atoms with Crippen molar-refractivity contribution in [2.45, 2.75) is 209 Å². The highest BCUT2D eigenvalue weighted by Crippen LogP contribution is 2.60. The van der Waals surface area contributed by atoms with Gasteiger partial charge in [-0.1, -0.05) is 269 Å². The molecule has 2 heterocycles. The lowest BCUT2D eigenvalue weighted by Gasteiger charge is -2.38. The van der Waals surface area contributed by atoms with Crippen LogP contribution in [-0.2, 0) is 43.3 Å². The molecule has 2 aliphatic rings. The molecule has 8 aromatic rings. The van der Waals surface area contributed by atoms with Crippen molar-refractivity contribution >= 4 is 45.5 Å². The number of hydrogen-bond acceptors (Lipinski definition) is 4. The van der Waals surface area contributed by atoms with Crippen LogP contribution in [0, 0.1) is 0 Å². The fraction of sp³-hybridized carbons (Fsp3) is 0.390. The predicted octanol–water partition coefficient (Wildman–Crippen LogP) is 23.8. The van der Waals surface area contributed by atoms with Crippen LogP contribution < -0.4 is 19.6 Å². The quantitative estimate of drug-likeness (QED) is 0.164. The Morgan fingerprint density at radius 2 is 0.488 bits per heavy atom. The van der Waals surface area contributed by atoms with Crippen LogP contribution in [0.2, 0.25) is 0 Å². The van der Waals surface area contributed by atoms with E-state index in [1.807, 2.05) is 0 Å². The lowest BCUT2D eigenvalue weighted by molar-refractivity contribution is 0.568. The second-order valence-corrected chi connectivity index (χ2v) is 33.2. The standard InChI is InChI=1S/C82H100N4/c1-75(2,3)57-37-38-67(82(22,23)24)70(52-57)86-69-40-36-56(54-33-29-26-30-34-54)42-72(69)85(66-50-62(80(16,17)18)45-63(51-66)81(19,20)21)74(86)73-83(64-46-58(76(4,5)6)43-59(47-64)77(7,8)9)68-39-35-55(53-31-27-25-28-32-53)41-71(68)84(73)65-48-60(78(10,11)12)44-61(49-65)79(13,14)15/h25-52H,1-24H3/b74-73-. The molecule has 0 amide bonds. The molecule has 86 heavy (non-hydrogen) atoms.